The summed E-state index contributed by atoms with van der Waals surface area (Å²) in [5.74, 6) is -0.0518. The molecule has 3 aromatic rings. The number of carbonyl (C=O) groups excluding carboxylic acids is 1. The number of morpholine rings is 1. The maximum absolute atomic E-state index is 13.1. The van der Waals surface area contributed by atoms with Crippen molar-refractivity contribution >= 4 is 33.2 Å². The average Bonchev–Trinajstić information content (AvgIpc) is 3.16. The van der Waals surface area contributed by atoms with Gasteiger partial charge in [-0.05, 0) is 39.5 Å². The van der Waals surface area contributed by atoms with Crippen LogP contribution in [0.15, 0.2) is 41.1 Å². The summed E-state index contributed by atoms with van der Waals surface area (Å²) in [7, 11) is 0. The van der Waals surface area contributed by atoms with Crippen molar-refractivity contribution in [1.82, 2.24) is 19.5 Å². The van der Waals surface area contributed by atoms with Gasteiger partial charge in [0.25, 0.3) is 5.91 Å². The van der Waals surface area contributed by atoms with E-state index in [2.05, 4.69) is 49.1 Å². The van der Waals surface area contributed by atoms with Gasteiger partial charge in [-0.1, -0.05) is 12.1 Å². The van der Waals surface area contributed by atoms with Gasteiger partial charge in [-0.3, -0.25) is 4.79 Å². The molecule has 0 N–H and O–H groups in total. The van der Waals surface area contributed by atoms with Gasteiger partial charge in [-0.2, -0.15) is 5.10 Å². The van der Waals surface area contributed by atoms with Gasteiger partial charge in [-0.25, -0.2) is 9.50 Å². The number of fused-ring (bicyclic) bond motifs is 2. The second kappa shape index (κ2) is 7.18. The normalized spacial score (nSPS) is 17.0. The van der Waals surface area contributed by atoms with E-state index in [0.29, 0.717) is 24.4 Å². The zero-order chi connectivity index (χ0) is 19.1. The summed E-state index contributed by atoms with van der Waals surface area (Å²) in [6.07, 6.45) is 4.37. The summed E-state index contributed by atoms with van der Waals surface area (Å²) in [5.41, 5.74) is 4.89. The number of hydrogen-bond acceptors (Lipinski definition) is 5. The molecule has 5 rings (SSSR count). The lowest BCUT2D eigenvalue weighted by Gasteiger charge is -2.35. The van der Waals surface area contributed by atoms with Crippen molar-refractivity contribution in [2.24, 2.45) is 0 Å². The van der Waals surface area contributed by atoms with Gasteiger partial charge < -0.3 is 14.5 Å². The molecule has 144 valence electrons. The van der Waals surface area contributed by atoms with Gasteiger partial charge in [0.2, 0.25) is 0 Å². The van der Waals surface area contributed by atoms with Gasteiger partial charge in [0, 0.05) is 50.3 Å². The number of nitrogens with zero attached hydrogens (tertiary/aromatic N) is 5. The molecule has 1 amide bonds. The lowest BCUT2D eigenvalue weighted by molar-refractivity contribution is 0.0728. The predicted octanol–water partition coefficient (Wildman–Crippen LogP) is 2.53. The molecule has 8 heteroatoms. The van der Waals surface area contributed by atoms with E-state index < -0.39 is 0 Å². The minimum atomic E-state index is -0.0518. The van der Waals surface area contributed by atoms with Gasteiger partial charge >= 0.3 is 0 Å². The van der Waals surface area contributed by atoms with Crippen LogP contribution in [0.3, 0.4) is 0 Å². The fourth-order valence-corrected chi connectivity index (χ4v) is 4.25. The Bertz CT molecular complexity index is 1040. The third-order valence-electron chi connectivity index (χ3n) is 5.39. The summed E-state index contributed by atoms with van der Waals surface area (Å²) in [4.78, 5) is 21.7. The van der Waals surface area contributed by atoms with Crippen LogP contribution in [0, 0.1) is 0 Å². The summed E-state index contributed by atoms with van der Waals surface area (Å²) < 4.78 is 7.95. The van der Waals surface area contributed by atoms with Crippen LogP contribution in [-0.2, 0) is 17.7 Å². The van der Waals surface area contributed by atoms with Gasteiger partial charge in [-0.15, -0.1) is 0 Å². The first-order valence-electron chi connectivity index (χ1n) is 9.43. The zero-order valence-corrected chi connectivity index (χ0v) is 16.9. The first-order valence-corrected chi connectivity index (χ1v) is 10.2. The van der Waals surface area contributed by atoms with Crippen molar-refractivity contribution in [3.05, 3.63) is 58.0 Å². The number of amides is 1. The molecule has 0 spiro atoms. The Labute approximate surface area is 171 Å². The van der Waals surface area contributed by atoms with Crippen LogP contribution >= 0.6 is 15.9 Å². The standard InChI is InChI=1S/C20H20BrN5O2/c21-15-11-22-19-10-17(23-26(19)12-15)20(27)25-5-4-14-2-1-3-18(16(14)13-25)24-6-8-28-9-7-24/h1-3,10-12H,4-9,13H2. The topological polar surface area (TPSA) is 63.0 Å². The Balaban J connectivity index is 1.43. The molecular formula is C20H20BrN5O2. The Kier molecular flexibility index (Phi) is 4.52. The Morgan fingerprint density at radius 2 is 2.04 bits per heavy atom. The van der Waals surface area contributed by atoms with E-state index in [-0.39, 0.29) is 5.91 Å². The number of halogens is 1. The second-order valence-electron chi connectivity index (χ2n) is 7.10. The van der Waals surface area contributed by atoms with E-state index >= 15 is 0 Å². The number of benzene rings is 1. The number of ether oxygens (including phenoxy) is 1. The van der Waals surface area contributed by atoms with E-state index in [1.165, 1.54) is 16.8 Å². The molecule has 0 unspecified atom stereocenters. The van der Waals surface area contributed by atoms with Gasteiger partial charge in [0.05, 0.1) is 17.7 Å². The van der Waals surface area contributed by atoms with Crippen molar-refractivity contribution in [3.63, 3.8) is 0 Å². The van der Waals surface area contributed by atoms with Crippen molar-refractivity contribution in [3.8, 4) is 0 Å². The molecule has 0 atom stereocenters. The van der Waals surface area contributed by atoms with Crippen LogP contribution in [0.4, 0.5) is 5.69 Å². The minimum Gasteiger partial charge on any atom is -0.378 e. The van der Waals surface area contributed by atoms with Gasteiger partial charge in [0.15, 0.2) is 11.3 Å². The predicted molar refractivity (Wildman–Crippen MR) is 109 cm³/mol. The van der Waals surface area contributed by atoms with Crippen LogP contribution in [0.5, 0.6) is 0 Å². The van der Waals surface area contributed by atoms with Crippen LogP contribution in [0.25, 0.3) is 5.65 Å². The lowest BCUT2D eigenvalue weighted by atomic mass is 9.97. The molecule has 0 bridgehead atoms. The number of aromatic nitrogens is 3. The molecule has 0 aliphatic carbocycles. The number of rotatable bonds is 2. The fraction of sp³-hybridized carbons (Fsp3) is 0.350. The molecule has 0 saturated carbocycles. The molecule has 1 aromatic carbocycles. The number of hydrogen-bond donors (Lipinski definition) is 0. The summed E-state index contributed by atoms with van der Waals surface area (Å²) in [5, 5.41) is 4.42. The third kappa shape index (κ3) is 3.16. The molecule has 7 nitrogen and oxygen atoms in total. The maximum atomic E-state index is 13.1. The summed E-state index contributed by atoms with van der Waals surface area (Å²) >= 11 is 3.39. The fourth-order valence-electron chi connectivity index (χ4n) is 3.96. The van der Waals surface area contributed by atoms with Crippen LogP contribution in [0.1, 0.15) is 21.6 Å². The highest BCUT2D eigenvalue weighted by Gasteiger charge is 2.27. The molecule has 1 fully saturated rings. The maximum Gasteiger partial charge on any atom is 0.274 e. The monoisotopic (exact) mass is 441 g/mol. The smallest absolute Gasteiger partial charge is 0.274 e. The van der Waals surface area contributed by atoms with Crippen LogP contribution < -0.4 is 4.90 Å². The molecular weight excluding hydrogens is 422 g/mol. The average molecular weight is 442 g/mol. The molecule has 1 saturated heterocycles. The summed E-state index contributed by atoms with van der Waals surface area (Å²) in [6, 6.07) is 8.20. The SMILES string of the molecule is O=C(c1cc2ncc(Br)cn2n1)N1CCc2cccc(N3CCOCC3)c2C1. The van der Waals surface area contributed by atoms with E-state index in [4.69, 9.17) is 4.74 Å². The van der Waals surface area contributed by atoms with E-state index in [0.717, 1.165) is 37.2 Å². The highest BCUT2D eigenvalue weighted by molar-refractivity contribution is 9.10. The second-order valence-corrected chi connectivity index (χ2v) is 8.01. The Morgan fingerprint density at radius 1 is 1.18 bits per heavy atom. The van der Waals surface area contributed by atoms with E-state index in [9.17, 15) is 4.79 Å². The van der Waals surface area contributed by atoms with Crippen molar-refractivity contribution in [2.45, 2.75) is 13.0 Å². The molecule has 0 radical (unpaired) electrons. The van der Waals surface area contributed by atoms with Crippen molar-refractivity contribution in [1.29, 1.82) is 0 Å². The van der Waals surface area contributed by atoms with Gasteiger partial charge in [0.1, 0.15) is 0 Å². The Hall–Kier alpha value is -2.45. The molecule has 2 aliphatic heterocycles. The molecule has 2 aromatic heterocycles. The highest BCUT2D eigenvalue weighted by atomic mass is 79.9. The molecule has 4 heterocycles. The summed E-state index contributed by atoms with van der Waals surface area (Å²) in [6.45, 7) is 4.57. The Morgan fingerprint density at radius 3 is 2.89 bits per heavy atom. The third-order valence-corrected chi connectivity index (χ3v) is 5.80. The van der Waals surface area contributed by atoms with E-state index in [1.807, 2.05) is 4.90 Å². The first-order chi connectivity index (χ1) is 13.7. The van der Waals surface area contributed by atoms with Crippen molar-refractivity contribution < 1.29 is 9.53 Å². The first kappa shape index (κ1) is 17.6. The number of anilines is 1. The number of carbonyl (C=O) groups is 1. The van der Waals surface area contributed by atoms with Crippen LogP contribution in [0.2, 0.25) is 0 Å². The zero-order valence-electron chi connectivity index (χ0n) is 15.3. The van der Waals surface area contributed by atoms with E-state index in [1.54, 1.807) is 23.0 Å². The minimum absolute atomic E-state index is 0.0518. The molecule has 28 heavy (non-hydrogen) atoms. The van der Waals surface area contributed by atoms with Crippen molar-refractivity contribution in [2.75, 3.05) is 37.7 Å². The quantitative estimate of drug-likeness (QED) is 0.611. The van der Waals surface area contributed by atoms with Crippen LogP contribution in [-0.4, -0.2) is 58.3 Å². The molecule has 2 aliphatic rings. The largest absolute Gasteiger partial charge is 0.378 e. The lowest BCUT2D eigenvalue weighted by Crippen LogP contribution is -2.40. The highest BCUT2D eigenvalue weighted by Crippen LogP contribution is 2.30.